The van der Waals surface area contributed by atoms with Gasteiger partial charge < -0.3 is 5.32 Å². The van der Waals surface area contributed by atoms with Gasteiger partial charge in [-0.1, -0.05) is 49.6 Å². The lowest BCUT2D eigenvalue weighted by atomic mass is 9.82. The summed E-state index contributed by atoms with van der Waals surface area (Å²) < 4.78 is 0. The largest absolute Gasteiger partial charge is 0.338 e. The van der Waals surface area contributed by atoms with E-state index in [2.05, 4.69) is 11.4 Å². The van der Waals surface area contributed by atoms with Crippen molar-refractivity contribution in [1.82, 2.24) is 5.32 Å². The van der Waals surface area contributed by atoms with Crippen LogP contribution in [0.5, 0.6) is 0 Å². The molecule has 4 nitrogen and oxygen atoms in total. The third kappa shape index (κ3) is 4.16. The molecule has 1 aliphatic carbocycles. The number of hydrogen-bond acceptors (Lipinski definition) is 3. The minimum atomic E-state index is -0.717. The molecule has 4 heteroatoms. The Bertz CT molecular complexity index is 540. The standard InChI is InChI=1S/C17H20N2O2/c18-13-17(11-5-2-6-12-17)19-16(21)10-9-15(20)14-7-3-1-4-8-14/h1,3-4,7-8H,2,5-6,9-12H2,(H,19,21). The molecule has 1 N–H and O–H groups in total. The summed E-state index contributed by atoms with van der Waals surface area (Å²) in [5, 5.41) is 12.2. The van der Waals surface area contributed by atoms with Gasteiger partial charge in [-0.25, -0.2) is 0 Å². The van der Waals surface area contributed by atoms with Gasteiger partial charge in [0.15, 0.2) is 5.78 Å². The van der Waals surface area contributed by atoms with E-state index in [1.807, 2.05) is 6.07 Å². The smallest absolute Gasteiger partial charge is 0.221 e. The minimum absolute atomic E-state index is 0.0413. The topological polar surface area (TPSA) is 70.0 Å². The molecule has 1 amide bonds. The molecule has 0 bridgehead atoms. The van der Waals surface area contributed by atoms with Crippen molar-refractivity contribution in [3.63, 3.8) is 0 Å². The average Bonchev–Trinajstić information content (AvgIpc) is 2.54. The molecule has 1 aliphatic rings. The van der Waals surface area contributed by atoms with E-state index in [1.54, 1.807) is 24.3 Å². The highest BCUT2D eigenvalue weighted by Crippen LogP contribution is 2.27. The van der Waals surface area contributed by atoms with Gasteiger partial charge in [-0.15, -0.1) is 0 Å². The number of Topliss-reactive ketones (excluding diaryl/α,β-unsaturated/α-hetero) is 1. The number of benzene rings is 1. The van der Waals surface area contributed by atoms with Crippen LogP contribution in [0.2, 0.25) is 0 Å². The number of nitriles is 1. The zero-order valence-corrected chi connectivity index (χ0v) is 12.1. The first-order valence-corrected chi connectivity index (χ1v) is 7.46. The molecule has 110 valence electrons. The quantitative estimate of drug-likeness (QED) is 0.845. The normalized spacial score (nSPS) is 16.7. The van der Waals surface area contributed by atoms with Crippen LogP contribution < -0.4 is 5.32 Å². The van der Waals surface area contributed by atoms with Crippen molar-refractivity contribution in [2.45, 2.75) is 50.5 Å². The molecule has 0 aromatic heterocycles. The first-order valence-electron chi connectivity index (χ1n) is 7.46. The molecule has 1 aromatic carbocycles. The number of nitrogens with zero attached hydrogens (tertiary/aromatic N) is 1. The van der Waals surface area contributed by atoms with Crippen molar-refractivity contribution in [2.24, 2.45) is 0 Å². The van der Waals surface area contributed by atoms with Gasteiger partial charge >= 0.3 is 0 Å². The molecule has 2 rings (SSSR count). The fourth-order valence-electron chi connectivity index (χ4n) is 2.74. The molecule has 1 aromatic rings. The van der Waals surface area contributed by atoms with Crippen molar-refractivity contribution >= 4 is 11.7 Å². The summed E-state index contributed by atoms with van der Waals surface area (Å²) in [4.78, 5) is 23.9. The Morgan fingerprint density at radius 2 is 1.76 bits per heavy atom. The van der Waals surface area contributed by atoms with Crippen LogP contribution in [0.3, 0.4) is 0 Å². The fraction of sp³-hybridized carbons (Fsp3) is 0.471. The van der Waals surface area contributed by atoms with E-state index in [9.17, 15) is 14.9 Å². The molecule has 21 heavy (non-hydrogen) atoms. The molecule has 1 fully saturated rings. The first-order chi connectivity index (χ1) is 10.2. The molecular weight excluding hydrogens is 264 g/mol. The van der Waals surface area contributed by atoms with Crippen molar-refractivity contribution < 1.29 is 9.59 Å². The summed E-state index contributed by atoms with van der Waals surface area (Å²) in [5.74, 6) is -0.247. The van der Waals surface area contributed by atoms with E-state index < -0.39 is 5.54 Å². The molecule has 0 atom stereocenters. The third-order valence-corrected chi connectivity index (χ3v) is 3.97. The molecule has 0 spiro atoms. The third-order valence-electron chi connectivity index (χ3n) is 3.97. The second kappa shape index (κ2) is 7.03. The summed E-state index contributed by atoms with van der Waals surface area (Å²) in [5.41, 5.74) is -0.0940. The van der Waals surface area contributed by atoms with Gasteiger partial charge in [-0.3, -0.25) is 9.59 Å². The van der Waals surface area contributed by atoms with Crippen molar-refractivity contribution in [1.29, 1.82) is 5.26 Å². The Morgan fingerprint density at radius 3 is 2.38 bits per heavy atom. The van der Waals surface area contributed by atoms with E-state index in [0.717, 1.165) is 19.3 Å². The first kappa shape index (κ1) is 15.2. The van der Waals surface area contributed by atoms with Gasteiger partial charge in [0.2, 0.25) is 5.91 Å². The number of amides is 1. The number of ketones is 1. The van der Waals surface area contributed by atoms with Crippen molar-refractivity contribution in [3.8, 4) is 6.07 Å². The maximum atomic E-state index is 12.0. The van der Waals surface area contributed by atoms with E-state index in [1.165, 1.54) is 0 Å². The van der Waals surface area contributed by atoms with Gasteiger partial charge in [0.25, 0.3) is 0 Å². The minimum Gasteiger partial charge on any atom is -0.338 e. The number of carbonyl (C=O) groups is 2. The number of nitrogens with one attached hydrogen (secondary N) is 1. The van der Waals surface area contributed by atoms with Gasteiger partial charge in [-0.05, 0) is 12.8 Å². The fourth-order valence-corrected chi connectivity index (χ4v) is 2.74. The van der Waals surface area contributed by atoms with Crippen LogP contribution in [0.4, 0.5) is 0 Å². The highest BCUT2D eigenvalue weighted by atomic mass is 16.2. The number of hydrogen-bond donors (Lipinski definition) is 1. The molecule has 0 heterocycles. The second-order valence-electron chi connectivity index (χ2n) is 5.59. The van der Waals surface area contributed by atoms with Crippen molar-refractivity contribution in [2.75, 3.05) is 0 Å². The van der Waals surface area contributed by atoms with Crippen molar-refractivity contribution in [3.05, 3.63) is 35.9 Å². The van der Waals surface area contributed by atoms with Crippen LogP contribution in [0.25, 0.3) is 0 Å². The van der Waals surface area contributed by atoms with Crippen LogP contribution in [0.15, 0.2) is 30.3 Å². The Kier molecular flexibility index (Phi) is 5.10. The zero-order chi connectivity index (χ0) is 15.1. The Hall–Kier alpha value is -2.15. The summed E-state index contributed by atoms with van der Waals surface area (Å²) in [6, 6.07) is 11.2. The van der Waals surface area contributed by atoms with Crippen LogP contribution in [-0.2, 0) is 4.79 Å². The molecule has 0 radical (unpaired) electrons. The monoisotopic (exact) mass is 284 g/mol. The maximum Gasteiger partial charge on any atom is 0.221 e. The van der Waals surface area contributed by atoms with Gasteiger partial charge in [0, 0.05) is 18.4 Å². The predicted molar refractivity (Wildman–Crippen MR) is 79.6 cm³/mol. The predicted octanol–water partition coefficient (Wildman–Crippen LogP) is 2.99. The summed E-state index contributed by atoms with van der Waals surface area (Å²) >= 11 is 0. The number of rotatable bonds is 5. The van der Waals surface area contributed by atoms with E-state index in [-0.39, 0.29) is 24.5 Å². The number of carbonyl (C=O) groups excluding carboxylic acids is 2. The lowest BCUT2D eigenvalue weighted by molar-refractivity contribution is -0.122. The highest BCUT2D eigenvalue weighted by molar-refractivity contribution is 5.97. The summed E-state index contributed by atoms with van der Waals surface area (Å²) in [6.07, 6.45) is 4.79. The van der Waals surface area contributed by atoms with Gasteiger partial charge in [-0.2, -0.15) is 5.26 Å². The lowest BCUT2D eigenvalue weighted by Gasteiger charge is -2.31. The van der Waals surface area contributed by atoms with Gasteiger partial charge in [0.05, 0.1) is 6.07 Å². The van der Waals surface area contributed by atoms with E-state index >= 15 is 0 Å². The van der Waals surface area contributed by atoms with Crippen LogP contribution in [0, 0.1) is 11.3 Å². The molecule has 1 saturated carbocycles. The van der Waals surface area contributed by atoms with Crippen LogP contribution in [-0.4, -0.2) is 17.2 Å². The molecule has 0 aliphatic heterocycles. The SMILES string of the molecule is N#CC1(NC(=O)CCC(=O)c2ccccc2)CCCCC1. The summed E-state index contributed by atoms with van der Waals surface area (Å²) in [6.45, 7) is 0. The lowest BCUT2D eigenvalue weighted by Crippen LogP contribution is -2.48. The maximum absolute atomic E-state index is 12.0. The molecule has 0 unspecified atom stereocenters. The molecular formula is C17H20N2O2. The van der Waals surface area contributed by atoms with E-state index in [0.29, 0.717) is 18.4 Å². The van der Waals surface area contributed by atoms with Gasteiger partial charge in [0.1, 0.15) is 5.54 Å². The van der Waals surface area contributed by atoms with Crippen LogP contribution in [0.1, 0.15) is 55.3 Å². The highest BCUT2D eigenvalue weighted by Gasteiger charge is 2.33. The average molecular weight is 284 g/mol. The van der Waals surface area contributed by atoms with Crippen LogP contribution >= 0.6 is 0 Å². The van der Waals surface area contributed by atoms with E-state index in [4.69, 9.17) is 0 Å². The Morgan fingerprint density at radius 1 is 1.10 bits per heavy atom. The Balaban J connectivity index is 1.85. The second-order valence-corrected chi connectivity index (χ2v) is 5.59. The Labute approximate surface area is 125 Å². The summed E-state index contributed by atoms with van der Waals surface area (Å²) in [7, 11) is 0. The molecule has 0 saturated heterocycles. The zero-order valence-electron chi connectivity index (χ0n) is 12.1.